The summed E-state index contributed by atoms with van der Waals surface area (Å²) in [5, 5.41) is 11.8. The number of pyridine rings is 2. The van der Waals surface area contributed by atoms with Gasteiger partial charge in [0, 0.05) is 17.1 Å². The van der Waals surface area contributed by atoms with E-state index < -0.39 is 5.97 Å². The Hall–Kier alpha value is -3.40. The van der Waals surface area contributed by atoms with Crippen LogP contribution in [-0.4, -0.2) is 49.0 Å². The molecule has 37 heavy (non-hydrogen) atoms. The molecule has 1 aliphatic rings. The van der Waals surface area contributed by atoms with E-state index in [0.29, 0.717) is 40.6 Å². The van der Waals surface area contributed by atoms with E-state index in [9.17, 15) is 9.18 Å². The van der Waals surface area contributed by atoms with Crippen molar-refractivity contribution in [3.05, 3.63) is 87.0 Å². The highest BCUT2D eigenvalue weighted by atomic mass is 35.5. The van der Waals surface area contributed by atoms with Crippen LogP contribution in [0.4, 0.5) is 4.39 Å². The van der Waals surface area contributed by atoms with Crippen LogP contribution in [0.15, 0.2) is 47.8 Å². The van der Waals surface area contributed by atoms with Crippen molar-refractivity contribution < 1.29 is 14.3 Å². The van der Waals surface area contributed by atoms with Crippen LogP contribution in [0.2, 0.25) is 5.02 Å². The number of nitrogens with one attached hydrogen (secondary N) is 1. The van der Waals surface area contributed by atoms with Crippen molar-refractivity contribution in [1.29, 1.82) is 0 Å². The molecular formula is C27H23ClFN5O2S. The second-order valence-corrected chi connectivity index (χ2v) is 10.7. The number of hydrogen-bond acceptors (Lipinski definition) is 6. The molecular weight excluding hydrogens is 513 g/mol. The average molecular weight is 536 g/mol. The minimum Gasteiger partial charge on any atom is -0.477 e. The first-order valence-electron chi connectivity index (χ1n) is 12.0. The summed E-state index contributed by atoms with van der Waals surface area (Å²) in [4.78, 5) is 30.3. The molecule has 1 aliphatic heterocycles. The van der Waals surface area contributed by atoms with Crippen molar-refractivity contribution in [2.75, 3.05) is 13.1 Å². The summed E-state index contributed by atoms with van der Waals surface area (Å²) >= 11 is 7.60. The number of halogens is 2. The van der Waals surface area contributed by atoms with Gasteiger partial charge < -0.3 is 10.1 Å². The van der Waals surface area contributed by atoms with E-state index in [2.05, 4.69) is 31.3 Å². The van der Waals surface area contributed by atoms with Gasteiger partial charge in [-0.05, 0) is 84.8 Å². The Morgan fingerprint density at radius 3 is 2.76 bits per heavy atom. The molecule has 4 aromatic heterocycles. The SMILES string of the molecule is O=C(O)c1ccc2nc(CN3CCC(c4csc5ccc(Cc6ccc(Cl)cc6F)nc45)CC3)[nH]c2n1. The fourth-order valence-corrected chi connectivity index (χ4v) is 6.11. The van der Waals surface area contributed by atoms with Gasteiger partial charge in [0.2, 0.25) is 0 Å². The number of benzene rings is 1. The van der Waals surface area contributed by atoms with E-state index in [1.165, 1.54) is 17.7 Å². The van der Waals surface area contributed by atoms with E-state index in [1.54, 1.807) is 29.5 Å². The number of carboxylic acid groups (broad SMARTS) is 1. The number of piperidine rings is 1. The molecule has 2 N–H and O–H groups in total. The zero-order valence-corrected chi connectivity index (χ0v) is 21.3. The number of rotatable bonds is 6. The van der Waals surface area contributed by atoms with Gasteiger partial charge in [-0.15, -0.1) is 11.3 Å². The summed E-state index contributed by atoms with van der Waals surface area (Å²) in [5.41, 5.74) is 4.88. The zero-order chi connectivity index (χ0) is 25.5. The molecule has 0 unspecified atom stereocenters. The van der Waals surface area contributed by atoms with Gasteiger partial charge in [-0.1, -0.05) is 17.7 Å². The van der Waals surface area contributed by atoms with Gasteiger partial charge in [-0.3, -0.25) is 9.88 Å². The predicted molar refractivity (Wildman–Crippen MR) is 142 cm³/mol. The van der Waals surface area contributed by atoms with Crippen LogP contribution in [-0.2, 0) is 13.0 Å². The lowest BCUT2D eigenvalue weighted by Crippen LogP contribution is -2.32. The standard InChI is InChI=1S/C27H23ClFN5O2S/c28-17-2-1-16(20(29)12-17)11-18-3-6-23-25(30-18)19(14-37-23)15-7-9-34(10-8-15)13-24-31-21-4-5-22(27(35)36)32-26(21)33-24/h1-6,12,14-15H,7-11,13H2,(H,35,36)(H,31,32,33). The number of aromatic amines is 1. The number of imidazole rings is 1. The number of hydrogen-bond donors (Lipinski definition) is 2. The molecule has 0 atom stereocenters. The van der Waals surface area contributed by atoms with E-state index in [-0.39, 0.29) is 11.5 Å². The lowest BCUT2D eigenvalue weighted by Gasteiger charge is -2.31. The number of aromatic carboxylic acids is 1. The molecule has 1 saturated heterocycles. The van der Waals surface area contributed by atoms with Gasteiger partial charge in [0.05, 0.1) is 16.8 Å². The Morgan fingerprint density at radius 1 is 1.14 bits per heavy atom. The quantitative estimate of drug-likeness (QED) is 0.276. The molecule has 6 rings (SSSR count). The molecule has 188 valence electrons. The summed E-state index contributed by atoms with van der Waals surface area (Å²) in [6, 6.07) is 12.0. The molecule has 10 heteroatoms. The fourth-order valence-electron chi connectivity index (χ4n) is 4.97. The normalized spacial score (nSPS) is 15.1. The first-order valence-corrected chi connectivity index (χ1v) is 13.3. The minimum atomic E-state index is -1.06. The Balaban J connectivity index is 1.14. The highest BCUT2D eigenvalue weighted by molar-refractivity contribution is 7.17. The molecule has 0 radical (unpaired) electrons. The maximum absolute atomic E-state index is 14.3. The van der Waals surface area contributed by atoms with Crippen molar-refractivity contribution in [3.63, 3.8) is 0 Å². The molecule has 0 bridgehead atoms. The second kappa shape index (κ2) is 9.81. The smallest absolute Gasteiger partial charge is 0.354 e. The number of aromatic nitrogens is 4. The third kappa shape index (κ3) is 4.94. The van der Waals surface area contributed by atoms with E-state index in [1.807, 2.05) is 6.07 Å². The lowest BCUT2D eigenvalue weighted by molar-refractivity contribution is 0.0691. The summed E-state index contributed by atoms with van der Waals surface area (Å²) in [6.45, 7) is 2.50. The van der Waals surface area contributed by atoms with Crippen LogP contribution in [0.3, 0.4) is 0 Å². The third-order valence-corrected chi connectivity index (χ3v) is 8.09. The maximum atomic E-state index is 14.3. The molecule has 0 spiro atoms. The Morgan fingerprint density at radius 2 is 1.97 bits per heavy atom. The van der Waals surface area contributed by atoms with Crippen LogP contribution in [0, 0.1) is 5.82 Å². The van der Waals surface area contributed by atoms with Crippen LogP contribution in [0.5, 0.6) is 0 Å². The fraction of sp³-hybridized carbons (Fsp3) is 0.259. The van der Waals surface area contributed by atoms with Crippen LogP contribution in [0.1, 0.15) is 51.9 Å². The number of H-pyrrole nitrogens is 1. The van der Waals surface area contributed by atoms with Crippen LogP contribution >= 0.6 is 22.9 Å². The molecule has 1 fully saturated rings. The summed E-state index contributed by atoms with van der Waals surface area (Å²) in [5.74, 6) is -0.171. The summed E-state index contributed by atoms with van der Waals surface area (Å²) in [6.07, 6.45) is 2.43. The van der Waals surface area contributed by atoms with Crippen molar-refractivity contribution in [1.82, 2.24) is 24.8 Å². The molecule has 0 saturated carbocycles. The van der Waals surface area contributed by atoms with Gasteiger partial charge in [-0.25, -0.2) is 19.2 Å². The van der Waals surface area contributed by atoms with Gasteiger partial charge in [0.15, 0.2) is 11.3 Å². The van der Waals surface area contributed by atoms with Gasteiger partial charge in [-0.2, -0.15) is 0 Å². The molecule has 7 nitrogen and oxygen atoms in total. The summed E-state index contributed by atoms with van der Waals surface area (Å²) < 4.78 is 15.5. The molecule has 5 heterocycles. The Labute approximate surface area is 221 Å². The third-order valence-electron chi connectivity index (χ3n) is 6.90. The van der Waals surface area contributed by atoms with Gasteiger partial charge >= 0.3 is 5.97 Å². The molecule has 0 aliphatic carbocycles. The monoisotopic (exact) mass is 535 g/mol. The number of carbonyl (C=O) groups is 1. The Kier molecular flexibility index (Phi) is 6.36. The molecule has 5 aromatic rings. The van der Waals surface area contributed by atoms with Crippen LogP contribution < -0.4 is 0 Å². The number of carboxylic acids is 1. The predicted octanol–water partition coefficient (Wildman–Crippen LogP) is 6.03. The number of likely N-dealkylation sites (tertiary alicyclic amines) is 1. The van der Waals surface area contributed by atoms with E-state index in [0.717, 1.165) is 47.7 Å². The number of thiophene rings is 1. The topological polar surface area (TPSA) is 95.0 Å². The first-order chi connectivity index (χ1) is 17.9. The highest BCUT2D eigenvalue weighted by Crippen LogP contribution is 2.36. The second-order valence-electron chi connectivity index (χ2n) is 9.36. The van der Waals surface area contributed by atoms with Crippen molar-refractivity contribution in [2.24, 2.45) is 0 Å². The number of nitrogens with zero attached hydrogens (tertiary/aromatic N) is 4. The summed E-state index contributed by atoms with van der Waals surface area (Å²) in [7, 11) is 0. The van der Waals surface area contributed by atoms with Crippen molar-refractivity contribution >= 4 is 50.3 Å². The van der Waals surface area contributed by atoms with Crippen LogP contribution in [0.25, 0.3) is 21.4 Å². The maximum Gasteiger partial charge on any atom is 0.354 e. The van der Waals surface area contributed by atoms with E-state index >= 15 is 0 Å². The number of fused-ring (bicyclic) bond motifs is 2. The van der Waals surface area contributed by atoms with Crippen molar-refractivity contribution in [3.8, 4) is 0 Å². The van der Waals surface area contributed by atoms with Crippen molar-refractivity contribution in [2.45, 2.75) is 31.7 Å². The van der Waals surface area contributed by atoms with Gasteiger partial charge in [0.1, 0.15) is 17.2 Å². The zero-order valence-electron chi connectivity index (χ0n) is 19.7. The highest BCUT2D eigenvalue weighted by Gasteiger charge is 2.24. The lowest BCUT2D eigenvalue weighted by atomic mass is 9.90. The average Bonchev–Trinajstić information content (AvgIpc) is 3.49. The minimum absolute atomic E-state index is 0.00145. The molecule has 1 aromatic carbocycles. The first kappa shape index (κ1) is 24.0. The van der Waals surface area contributed by atoms with Gasteiger partial charge in [0.25, 0.3) is 0 Å². The molecule has 0 amide bonds. The van der Waals surface area contributed by atoms with E-state index in [4.69, 9.17) is 21.7 Å². The largest absolute Gasteiger partial charge is 0.477 e. The Bertz CT molecular complexity index is 1630.